The maximum atomic E-state index is 6.53. The van der Waals surface area contributed by atoms with Gasteiger partial charge in [-0.3, -0.25) is 0 Å². The molecule has 134 valence electrons. The van der Waals surface area contributed by atoms with Crippen LogP contribution in [0, 0.1) is 0 Å². The molecule has 0 heterocycles. The Morgan fingerprint density at radius 2 is 1.80 bits per heavy atom. The first-order valence-corrected chi connectivity index (χ1v) is 9.58. The molecule has 0 fully saturated rings. The standard InChI is InChI=1S/C21H27ClN2O/c1-4-24(5-2)17-8-7-15-11-16-12-21(23-9-10-25-6-3)20(22)14-19(16)18(15)13-17/h7-8,12-14,23H,4-6,9-11H2,1-3H3. The minimum absolute atomic E-state index is 0.692. The zero-order valence-electron chi connectivity index (χ0n) is 15.4. The maximum Gasteiger partial charge on any atom is 0.0643 e. The molecule has 0 saturated heterocycles. The van der Waals surface area contributed by atoms with E-state index in [0.717, 1.165) is 43.4 Å². The Morgan fingerprint density at radius 1 is 1.04 bits per heavy atom. The van der Waals surface area contributed by atoms with Gasteiger partial charge in [0.1, 0.15) is 0 Å². The Bertz CT molecular complexity index is 741. The highest BCUT2D eigenvalue weighted by molar-refractivity contribution is 6.33. The number of ether oxygens (including phenoxy) is 1. The van der Waals surface area contributed by atoms with E-state index in [9.17, 15) is 0 Å². The molecule has 0 bridgehead atoms. The van der Waals surface area contributed by atoms with E-state index in [-0.39, 0.29) is 0 Å². The molecule has 1 aliphatic carbocycles. The van der Waals surface area contributed by atoms with Crippen molar-refractivity contribution in [3.8, 4) is 11.1 Å². The van der Waals surface area contributed by atoms with Gasteiger partial charge in [0.2, 0.25) is 0 Å². The van der Waals surface area contributed by atoms with E-state index < -0.39 is 0 Å². The topological polar surface area (TPSA) is 24.5 Å². The van der Waals surface area contributed by atoms with Gasteiger partial charge >= 0.3 is 0 Å². The first kappa shape index (κ1) is 18.1. The van der Waals surface area contributed by atoms with Crippen molar-refractivity contribution in [3.05, 3.63) is 46.5 Å². The first-order valence-electron chi connectivity index (χ1n) is 9.20. The van der Waals surface area contributed by atoms with Crippen molar-refractivity contribution in [2.75, 3.05) is 43.1 Å². The van der Waals surface area contributed by atoms with Crippen molar-refractivity contribution in [2.24, 2.45) is 0 Å². The molecule has 0 spiro atoms. The van der Waals surface area contributed by atoms with E-state index >= 15 is 0 Å². The number of halogens is 1. The Balaban J connectivity index is 1.86. The van der Waals surface area contributed by atoms with Crippen LogP contribution in [0.1, 0.15) is 31.9 Å². The van der Waals surface area contributed by atoms with Gasteiger partial charge in [0, 0.05) is 31.9 Å². The summed E-state index contributed by atoms with van der Waals surface area (Å²) < 4.78 is 5.38. The quantitative estimate of drug-likeness (QED) is 0.560. The summed E-state index contributed by atoms with van der Waals surface area (Å²) in [5.41, 5.74) is 7.60. The molecule has 0 saturated carbocycles. The van der Waals surface area contributed by atoms with E-state index in [1.807, 2.05) is 6.92 Å². The molecule has 0 amide bonds. The molecule has 0 radical (unpaired) electrons. The molecule has 3 rings (SSSR count). The smallest absolute Gasteiger partial charge is 0.0643 e. The number of hydrogen-bond donors (Lipinski definition) is 1. The molecule has 0 aliphatic heterocycles. The van der Waals surface area contributed by atoms with Crippen LogP contribution in [0.3, 0.4) is 0 Å². The van der Waals surface area contributed by atoms with Crippen molar-refractivity contribution >= 4 is 23.0 Å². The number of benzene rings is 2. The molecular weight excluding hydrogens is 332 g/mol. The summed E-state index contributed by atoms with van der Waals surface area (Å²) in [5, 5.41) is 4.16. The lowest BCUT2D eigenvalue weighted by Gasteiger charge is -2.22. The van der Waals surface area contributed by atoms with Crippen LogP contribution in [0.15, 0.2) is 30.3 Å². The Kier molecular flexibility index (Phi) is 5.87. The van der Waals surface area contributed by atoms with Crippen molar-refractivity contribution in [2.45, 2.75) is 27.2 Å². The third kappa shape index (κ3) is 3.78. The molecule has 3 nitrogen and oxygen atoms in total. The number of fused-ring (bicyclic) bond motifs is 3. The fourth-order valence-corrected chi connectivity index (χ4v) is 3.74. The summed E-state index contributed by atoms with van der Waals surface area (Å²) in [4.78, 5) is 2.38. The third-order valence-electron chi connectivity index (χ3n) is 4.85. The molecule has 1 N–H and O–H groups in total. The number of nitrogens with zero attached hydrogens (tertiary/aromatic N) is 1. The van der Waals surface area contributed by atoms with E-state index in [0.29, 0.717) is 6.61 Å². The van der Waals surface area contributed by atoms with Crippen LogP contribution in [-0.4, -0.2) is 32.8 Å². The summed E-state index contributed by atoms with van der Waals surface area (Å²) >= 11 is 6.53. The highest BCUT2D eigenvalue weighted by atomic mass is 35.5. The second-order valence-electron chi connectivity index (χ2n) is 6.30. The lowest BCUT2D eigenvalue weighted by molar-refractivity contribution is 0.158. The number of rotatable bonds is 8. The highest BCUT2D eigenvalue weighted by Gasteiger charge is 2.21. The van der Waals surface area contributed by atoms with Gasteiger partial charge in [0.25, 0.3) is 0 Å². The van der Waals surface area contributed by atoms with Crippen LogP contribution in [0.4, 0.5) is 11.4 Å². The predicted molar refractivity (Wildman–Crippen MR) is 108 cm³/mol. The second kappa shape index (κ2) is 8.11. The van der Waals surface area contributed by atoms with Gasteiger partial charge in [-0.05, 0) is 73.7 Å². The van der Waals surface area contributed by atoms with Crippen LogP contribution in [-0.2, 0) is 11.2 Å². The fraction of sp³-hybridized carbons (Fsp3) is 0.429. The van der Waals surface area contributed by atoms with E-state index in [1.54, 1.807) is 0 Å². The average Bonchev–Trinajstić information content (AvgIpc) is 2.97. The molecule has 25 heavy (non-hydrogen) atoms. The third-order valence-corrected chi connectivity index (χ3v) is 5.16. The zero-order chi connectivity index (χ0) is 17.8. The number of nitrogens with one attached hydrogen (secondary N) is 1. The van der Waals surface area contributed by atoms with Crippen molar-refractivity contribution in [3.63, 3.8) is 0 Å². The van der Waals surface area contributed by atoms with Gasteiger partial charge < -0.3 is 15.0 Å². The minimum atomic E-state index is 0.692. The average molecular weight is 359 g/mol. The zero-order valence-corrected chi connectivity index (χ0v) is 16.1. The summed E-state index contributed by atoms with van der Waals surface area (Å²) in [7, 11) is 0. The van der Waals surface area contributed by atoms with Gasteiger partial charge in [-0.25, -0.2) is 0 Å². The second-order valence-corrected chi connectivity index (χ2v) is 6.71. The molecule has 1 aliphatic rings. The normalized spacial score (nSPS) is 12.0. The monoisotopic (exact) mass is 358 g/mol. The van der Waals surface area contributed by atoms with Crippen molar-refractivity contribution in [1.82, 2.24) is 0 Å². The Morgan fingerprint density at radius 3 is 2.52 bits per heavy atom. The van der Waals surface area contributed by atoms with Crippen molar-refractivity contribution < 1.29 is 4.74 Å². The minimum Gasteiger partial charge on any atom is -0.382 e. The largest absolute Gasteiger partial charge is 0.382 e. The molecule has 2 aromatic rings. The molecule has 2 aromatic carbocycles. The van der Waals surface area contributed by atoms with E-state index in [4.69, 9.17) is 16.3 Å². The Labute approximate surface area is 155 Å². The number of hydrogen-bond acceptors (Lipinski definition) is 3. The lowest BCUT2D eigenvalue weighted by atomic mass is 10.0. The van der Waals surface area contributed by atoms with Crippen molar-refractivity contribution in [1.29, 1.82) is 0 Å². The molecular formula is C21H27ClN2O. The van der Waals surface area contributed by atoms with Gasteiger partial charge in [0.15, 0.2) is 0 Å². The van der Waals surface area contributed by atoms with Crippen LogP contribution in [0.25, 0.3) is 11.1 Å². The molecule has 0 unspecified atom stereocenters. The summed E-state index contributed by atoms with van der Waals surface area (Å²) in [6, 6.07) is 11.1. The maximum absolute atomic E-state index is 6.53. The SMILES string of the molecule is CCOCCNc1cc2c(cc1Cl)-c1cc(N(CC)CC)ccc1C2. The van der Waals surface area contributed by atoms with Crippen LogP contribution in [0.5, 0.6) is 0 Å². The van der Waals surface area contributed by atoms with Gasteiger partial charge in [-0.2, -0.15) is 0 Å². The summed E-state index contributed by atoms with van der Waals surface area (Å²) in [6.07, 6.45) is 0.973. The van der Waals surface area contributed by atoms with Gasteiger partial charge in [0.05, 0.1) is 17.3 Å². The van der Waals surface area contributed by atoms with Crippen LogP contribution >= 0.6 is 11.6 Å². The predicted octanol–water partition coefficient (Wildman–Crippen LogP) is 5.21. The van der Waals surface area contributed by atoms with E-state index in [2.05, 4.69) is 54.4 Å². The van der Waals surface area contributed by atoms with Gasteiger partial charge in [-0.15, -0.1) is 0 Å². The lowest BCUT2D eigenvalue weighted by Crippen LogP contribution is -2.21. The van der Waals surface area contributed by atoms with Crippen LogP contribution < -0.4 is 10.2 Å². The summed E-state index contributed by atoms with van der Waals surface area (Å²) in [5.74, 6) is 0. The summed E-state index contributed by atoms with van der Waals surface area (Å²) in [6.45, 7) is 10.6. The molecule has 0 atom stereocenters. The first-order chi connectivity index (χ1) is 12.2. The highest BCUT2D eigenvalue weighted by Crippen LogP contribution is 2.42. The van der Waals surface area contributed by atoms with E-state index in [1.165, 1.54) is 27.9 Å². The van der Waals surface area contributed by atoms with Gasteiger partial charge in [-0.1, -0.05) is 17.7 Å². The Hall–Kier alpha value is -1.71. The van der Waals surface area contributed by atoms with Crippen LogP contribution in [0.2, 0.25) is 5.02 Å². The number of anilines is 2. The fourth-order valence-electron chi connectivity index (χ4n) is 3.51. The molecule has 0 aromatic heterocycles. The molecule has 4 heteroatoms.